The first-order valence-corrected chi connectivity index (χ1v) is 10.1. The van der Waals surface area contributed by atoms with Crippen LogP contribution in [0.15, 0.2) is 68.9 Å². The first-order valence-electron chi connectivity index (χ1n) is 8.49. The number of amides is 1. The van der Waals surface area contributed by atoms with Crippen LogP contribution in [0.5, 0.6) is 0 Å². The Hall–Kier alpha value is -3.07. The van der Waals surface area contributed by atoms with E-state index in [1.54, 1.807) is 54.6 Å². The average molecular weight is 460 g/mol. The second kappa shape index (κ2) is 8.35. The Labute approximate surface area is 184 Å². The number of amidine groups is 1. The van der Waals surface area contributed by atoms with Gasteiger partial charge in [-0.05, 0) is 48.2 Å². The quantitative estimate of drug-likeness (QED) is 0.290. The lowest BCUT2D eigenvalue weighted by Crippen LogP contribution is -2.19. The second-order valence-corrected chi connectivity index (χ2v) is 7.90. The molecule has 0 saturated carbocycles. The molecule has 1 aliphatic rings. The molecular formula is C20H11Cl2N3O4S. The molecule has 2 heterocycles. The molecule has 7 nitrogen and oxygen atoms in total. The molecule has 2 aromatic carbocycles. The predicted molar refractivity (Wildman–Crippen MR) is 118 cm³/mol. The molecule has 0 bridgehead atoms. The third kappa shape index (κ3) is 4.25. The van der Waals surface area contributed by atoms with E-state index in [1.165, 1.54) is 6.07 Å². The highest BCUT2D eigenvalue weighted by atomic mass is 35.5. The van der Waals surface area contributed by atoms with Gasteiger partial charge in [0.25, 0.3) is 11.6 Å². The Morgan fingerprint density at radius 3 is 2.67 bits per heavy atom. The van der Waals surface area contributed by atoms with Crippen molar-refractivity contribution in [3.8, 4) is 11.3 Å². The van der Waals surface area contributed by atoms with E-state index in [0.29, 0.717) is 42.9 Å². The lowest BCUT2D eigenvalue weighted by Gasteiger charge is -1.99. The fourth-order valence-electron chi connectivity index (χ4n) is 2.70. The van der Waals surface area contributed by atoms with Crippen molar-refractivity contribution in [2.45, 2.75) is 0 Å². The Bertz CT molecular complexity index is 1240. The van der Waals surface area contributed by atoms with Gasteiger partial charge in [-0.2, -0.15) is 0 Å². The Kier molecular flexibility index (Phi) is 5.63. The molecule has 0 unspecified atom stereocenters. The molecule has 3 aromatic rings. The summed E-state index contributed by atoms with van der Waals surface area (Å²) in [5, 5.41) is 15.0. The summed E-state index contributed by atoms with van der Waals surface area (Å²) in [6.07, 6.45) is 1.55. The third-order valence-electron chi connectivity index (χ3n) is 4.05. The average Bonchev–Trinajstić information content (AvgIpc) is 3.31. The highest BCUT2D eigenvalue weighted by Crippen LogP contribution is 2.34. The maximum absolute atomic E-state index is 12.3. The van der Waals surface area contributed by atoms with Crippen LogP contribution in [0.4, 0.5) is 11.4 Å². The number of aliphatic imine (C=N–C) groups is 1. The number of carbonyl (C=O) groups is 1. The van der Waals surface area contributed by atoms with Crippen LogP contribution in [-0.4, -0.2) is 16.0 Å². The molecule has 30 heavy (non-hydrogen) atoms. The zero-order chi connectivity index (χ0) is 21.3. The number of benzene rings is 2. The van der Waals surface area contributed by atoms with E-state index in [0.717, 1.165) is 11.8 Å². The van der Waals surface area contributed by atoms with Gasteiger partial charge in [0.1, 0.15) is 11.5 Å². The summed E-state index contributed by atoms with van der Waals surface area (Å²) < 4.78 is 5.71. The number of rotatable bonds is 4. The molecule has 10 heteroatoms. The molecule has 1 aliphatic heterocycles. The molecular weight excluding hydrogens is 449 g/mol. The van der Waals surface area contributed by atoms with Crippen molar-refractivity contribution in [1.82, 2.24) is 5.32 Å². The lowest BCUT2D eigenvalue weighted by atomic mass is 10.1. The van der Waals surface area contributed by atoms with Gasteiger partial charge in [0.15, 0.2) is 5.17 Å². The van der Waals surface area contributed by atoms with Gasteiger partial charge in [-0.1, -0.05) is 35.3 Å². The van der Waals surface area contributed by atoms with Crippen LogP contribution in [-0.2, 0) is 4.79 Å². The molecule has 4 rings (SSSR count). The van der Waals surface area contributed by atoms with Crippen LogP contribution in [0.25, 0.3) is 17.4 Å². The number of halogens is 2. The Morgan fingerprint density at radius 1 is 1.10 bits per heavy atom. The van der Waals surface area contributed by atoms with E-state index < -0.39 is 4.92 Å². The maximum atomic E-state index is 12.3. The fraction of sp³-hybridized carbons (Fsp3) is 0. The van der Waals surface area contributed by atoms with Crippen molar-refractivity contribution in [2.75, 3.05) is 0 Å². The highest BCUT2D eigenvalue weighted by Gasteiger charge is 2.25. The maximum Gasteiger partial charge on any atom is 0.280 e. The van der Waals surface area contributed by atoms with Crippen molar-refractivity contribution in [3.63, 3.8) is 0 Å². The minimum Gasteiger partial charge on any atom is -0.456 e. The van der Waals surface area contributed by atoms with E-state index in [2.05, 4.69) is 10.3 Å². The second-order valence-electron chi connectivity index (χ2n) is 6.06. The van der Waals surface area contributed by atoms with E-state index in [1.807, 2.05) is 0 Å². The highest BCUT2D eigenvalue weighted by molar-refractivity contribution is 8.18. The molecule has 0 atom stereocenters. The number of nitro groups is 1. The van der Waals surface area contributed by atoms with Crippen LogP contribution in [0, 0.1) is 10.1 Å². The van der Waals surface area contributed by atoms with E-state index >= 15 is 0 Å². The smallest absolute Gasteiger partial charge is 0.280 e. The molecule has 1 aromatic heterocycles. The van der Waals surface area contributed by atoms with Crippen molar-refractivity contribution in [2.24, 2.45) is 4.99 Å². The SMILES string of the molecule is O=C1NC(=Nc2ccc(Cl)c(Cl)c2)S/C1=C/c1ccc(-c2ccccc2[N+](=O)[O-])o1. The van der Waals surface area contributed by atoms with Gasteiger partial charge < -0.3 is 9.73 Å². The third-order valence-corrected chi connectivity index (χ3v) is 5.70. The number of hydrogen-bond acceptors (Lipinski definition) is 6. The summed E-state index contributed by atoms with van der Waals surface area (Å²) >= 11 is 13.0. The minimum atomic E-state index is -0.470. The van der Waals surface area contributed by atoms with Crippen molar-refractivity contribution in [1.29, 1.82) is 0 Å². The number of nitrogens with zero attached hydrogens (tertiary/aromatic N) is 2. The zero-order valence-electron chi connectivity index (χ0n) is 15.0. The molecule has 1 N–H and O–H groups in total. The van der Waals surface area contributed by atoms with Crippen LogP contribution < -0.4 is 5.32 Å². The lowest BCUT2D eigenvalue weighted by molar-refractivity contribution is -0.384. The largest absolute Gasteiger partial charge is 0.456 e. The van der Waals surface area contributed by atoms with Crippen molar-refractivity contribution >= 4 is 63.5 Å². The molecule has 150 valence electrons. The number of carbonyl (C=O) groups excluding carboxylic acids is 1. The molecule has 1 fully saturated rings. The van der Waals surface area contributed by atoms with Crippen molar-refractivity contribution in [3.05, 3.63) is 85.4 Å². The number of nitro benzene ring substituents is 1. The van der Waals surface area contributed by atoms with E-state index in [4.69, 9.17) is 27.6 Å². The van der Waals surface area contributed by atoms with Crippen molar-refractivity contribution < 1.29 is 14.1 Å². The molecule has 0 radical (unpaired) electrons. The van der Waals surface area contributed by atoms with Gasteiger partial charge in [0.2, 0.25) is 0 Å². The van der Waals surface area contributed by atoms with Crippen LogP contribution in [0.2, 0.25) is 10.0 Å². The van der Waals surface area contributed by atoms with Gasteiger partial charge in [-0.3, -0.25) is 14.9 Å². The molecule has 1 amide bonds. The summed E-state index contributed by atoms with van der Waals surface area (Å²) in [5.74, 6) is 0.390. The summed E-state index contributed by atoms with van der Waals surface area (Å²) in [5.41, 5.74) is 0.845. The predicted octanol–water partition coefficient (Wildman–Crippen LogP) is 6.05. The number of nitrogens with one attached hydrogen (secondary N) is 1. The van der Waals surface area contributed by atoms with Gasteiger partial charge in [-0.15, -0.1) is 0 Å². The summed E-state index contributed by atoms with van der Waals surface area (Å²) in [7, 11) is 0. The van der Waals surface area contributed by atoms with E-state index in [-0.39, 0.29) is 11.6 Å². The topological polar surface area (TPSA) is 97.7 Å². The van der Waals surface area contributed by atoms with Gasteiger partial charge in [0.05, 0.1) is 31.1 Å². The Balaban J connectivity index is 1.58. The fourth-order valence-corrected chi connectivity index (χ4v) is 3.81. The number of furan rings is 1. The van der Waals surface area contributed by atoms with Gasteiger partial charge in [-0.25, -0.2) is 4.99 Å². The van der Waals surface area contributed by atoms with Gasteiger partial charge in [0, 0.05) is 12.1 Å². The molecule has 1 saturated heterocycles. The number of thioether (sulfide) groups is 1. The Morgan fingerprint density at radius 2 is 1.90 bits per heavy atom. The minimum absolute atomic E-state index is 0.0601. The summed E-state index contributed by atoms with van der Waals surface area (Å²) in [4.78, 5) is 27.7. The van der Waals surface area contributed by atoms with E-state index in [9.17, 15) is 14.9 Å². The van der Waals surface area contributed by atoms with Gasteiger partial charge >= 0.3 is 0 Å². The zero-order valence-corrected chi connectivity index (χ0v) is 17.3. The standard InChI is InChI=1S/C20H11Cl2N3O4S/c21-14-7-5-11(9-15(14)22)23-20-24-19(26)18(30-20)10-12-6-8-17(29-12)13-3-1-2-4-16(13)25(27)28/h1-10H,(H,23,24,26)/b18-10+. The van der Waals surface area contributed by atoms with Crippen LogP contribution in [0.1, 0.15) is 5.76 Å². The molecule has 0 spiro atoms. The monoisotopic (exact) mass is 459 g/mol. The molecule has 0 aliphatic carbocycles. The first kappa shape index (κ1) is 20.2. The number of hydrogen-bond donors (Lipinski definition) is 1. The number of para-hydroxylation sites is 1. The van der Waals surface area contributed by atoms with Crippen LogP contribution in [0.3, 0.4) is 0 Å². The summed E-state index contributed by atoms with van der Waals surface area (Å²) in [6.45, 7) is 0. The van der Waals surface area contributed by atoms with Crippen LogP contribution >= 0.6 is 35.0 Å². The normalized spacial score (nSPS) is 16.3. The first-order chi connectivity index (χ1) is 14.4. The summed E-state index contributed by atoms with van der Waals surface area (Å²) in [6, 6.07) is 14.4.